The van der Waals surface area contributed by atoms with Crippen molar-refractivity contribution in [1.29, 1.82) is 0 Å². The lowest BCUT2D eigenvalue weighted by molar-refractivity contribution is -0.660. The van der Waals surface area contributed by atoms with Crippen LogP contribution in [0.25, 0.3) is 49.5 Å². The number of rotatable bonds is 3. The topological polar surface area (TPSA) is 21.1 Å². The van der Waals surface area contributed by atoms with Crippen LogP contribution in [0.15, 0.2) is 108 Å². The molecule has 0 aliphatic carbocycles. The quantitative estimate of drug-likeness (QED) is 0.194. The molecule has 7 aromatic rings. The molecule has 0 amide bonds. The van der Waals surface area contributed by atoms with Crippen LogP contribution in [0.2, 0.25) is 0 Å². The molecule has 0 aliphatic heterocycles. The van der Waals surface area contributed by atoms with Crippen LogP contribution >= 0.6 is 0 Å². The zero-order valence-electron chi connectivity index (χ0n) is 21.3. The van der Waals surface area contributed by atoms with Gasteiger partial charge in [-0.15, -0.1) is 0 Å². The third-order valence-electron chi connectivity index (χ3n) is 7.64. The van der Waals surface area contributed by atoms with Crippen molar-refractivity contribution in [3.05, 3.63) is 126 Å². The van der Waals surface area contributed by atoms with E-state index in [1.165, 1.54) is 55.0 Å². The monoisotopic (exact) mass is 480 g/mol. The molecule has 0 spiro atoms. The fraction of sp³-hybridized carbons (Fsp3) is 0.118. The van der Waals surface area contributed by atoms with E-state index in [-0.39, 0.29) is 0 Å². The van der Waals surface area contributed by atoms with Gasteiger partial charge in [0.25, 0.3) is 0 Å². The predicted octanol–water partition coefficient (Wildman–Crippen LogP) is 7.18. The summed E-state index contributed by atoms with van der Waals surface area (Å²) >= 11 is 0. The molecule has 4 aromatic heterocycles. The first-order chi connectivity index (χ1) is 18.1. The number of aromatic nitrogens is 2. The minimum atomic E-state index is 0.790. The average molecular weight is 481 g/mol. The minimum absolute atomic E-state index is 0.790. The van der Waals surface area contributed by atoms with E-state index in [0.29, 0.717) is 0 Å². The smallest absolute Gasteiger partial charge is 0.218 e. The normalized spacial score (nSPS) is 11.8. The Morgan fingerprint density at radius 2 is 1.54 bits per heavy atom. The van der Waals surface area contributed by atoms with Crippen molar-refractivity contribution in [3.8, 4) is 11.3 Å². The number of furan rings is 1. The summed E-state index contributed by atoms with van der Waals surface area (Å²) in [6.45, 7) is 4.38. The molecule has 4 heterocycles. The van der Waals surface area contributed by atoms with Crippen LogP contribution in [0, 0.1) is 13.8 Å². The van der Waals surface area contributed by atoms with E-state index in [4.69, 9.17) is 4.42 Å². The first-order valence-electron chi connectivity index (χ1n) is 12.8. The second-order valence-electron chi connectivity index (χ2n) is 10.1. The number of hydrogen-bond acceptors (Lipinski definition) is 1. The molecular weight excluding hydrogens is 452 g/mol. The maximum atomic E-state index is 6.62. The molecule has 0 unspecified atom stereocenters. The van der Waals surface area contributed by atoms with Gasteiger partial charge in [-0.1, -0.05) is 29.8 Å². The number of nitrogens with zero attached hydrogens (tertiary/aromatic N) is 2. The molecule has 3 nitrogen and oxygen atoms in total. The van der Waals surface area contributed by atoms with Crippen LogP contribution in [0.1, 0.15) is 22.4 Å². The average Bonchev–Trinajstić information content (AvgIpc) is 3.27. The summed E-state index contributed by atoms with van der Waals surface area (Å²) in [4.78, 5) is 0. The Bertz CT molecular complexity index is 2000. The summed E-state index contributed by atoms with van der Waals surface area (Å²) in [5, 5.41) is 4.87. The zero-order chi connectivity index (χ0) is 25.1. The second-order valence-corrected chi connectivity index (χ2v) is 10.1. The third kappa shape index (κ3) is 3.42. The van der Waals surface area contributed by atoms with Gasteiger partial charge >= 0.3 is 0 Å². The predicted molar refractivity (Wildman–Crippen MR) is 150 cm³/mol. The van der Waals surface area contributed by atoms with Gasteiger partial charge in [0.1, 0.15) is 18.2 Å². The van der Waals surface area contributed by atoms with E-state index in [9.17, 15) is 0 Å². The molecule has 3 aromatic carbocycles. The lowest BCUT2D eigenvalue weighted by Crippen LogP contribution is -2.31. The van der Waals surface area contributed by atoms with Crippen molar-refractivity contribution in [2.24, 2.45) is 7.05 Å². The van der Waals surface area contributed by atoms with Crippen molar-refractivity contribution in [2.45, 2.75) is 20.3 Å². The highest BCUT2D eigenvalue weighted by Crippen LogP contribution is 2.40. The maximum absolute atomic E-state index is 6.62. The van der Waals surface area contributed by atoms with Gasteiger partial charge in [0.2, 0.25) is 11.2 Å². The second kappa shape index (κ2) is 8.28. The van der Waals surface area contributed by atoms with Gasteiger partial charge in [-0.05, 0) is 66.8 Å². The van der Waals surface area contributed by atoms with Gasteiger partial charge < -0.3 is 4.42 Å². The summed E-state index contributed by atoms with van der Waals surface area (Å²) in [5.74, 6) is 0. The molecular formula is C34H28N2O+2. The lowest BCUT2D eigenvalue weighted by Gasteiger charge is -2.12. The molecule has 0 saturated carbocycles. The van der Waals surface area contributed by atoms with E-state index < -0.39 is 0 Å². The van der Waals surface area contributed by atoms with E-state index >= 15 is 0 Å². The standard InChI is InChI=1S/C34H28N2O/c1-22-14-15-32-28(18-22)29-19-23(2)27(33(34(29)37-32)31-13-6-8-16-35(31)3)21-25-20-24-10-4-5-11-26(24)30-12-7-9-17-36(25)30/h4-20H,21H2,1-3H3/q+2. The van der Waals surface area contributed by atoms with Gasteiger partial charge in [0.15, 0.2) is 18.1 Å². The van der Waals surface area contributed by atoms with E-state index in [0.717, 1.165) is 23.3 Å². The lowest BCUT2D eigenvalue weighted by atomic mass is 9.91. The van der Waals surface area contributed by atoms with Crippen molar-refractivity contribution in [2.75, 3.05) is 0 Å². The molecule has 0 aliphatic rings. The Kier molecular flexibility index (Phi) is 4.87. The Labute approximate surface area is 215 Å². The molecule has 0 bridgehead atoms. The summed E-state index contributed by atoms with van der Waals surface area (Å²) < 4.78 is 11.2. The van der Waals surface area contributed by atoms with Crippen molar-refractivity contribution < 1.29 is 13.4 Å². The third-order valence-corrected chi connectivity index (χ3v) is 7.64. The summed E-state index contributed by atoms with van der Waals surface area (Å²) in [6.07, 6.45) is 5.08. The highest BCUT2D eigenvalue weighted by atomic mass is 16.3. The molecule has 0 fully saturated rings. The first kappa shape index (κ1) is 21.8. The molecule has 178 valence electrons. The molecule has 0 atom stereocenters. The Morgan fingerprint density at radius 1 is 0.730 bits per heavy atom. The van der Waals surface area contributed by atoms with E-state index in [1.54, 1.807) is 0 Å². The SMILES string of the molecule is Cc1ccc2oc3c(-c4cccc[n+]4C)c(Cc4cc5ccccc5c5cccc[n+]45)c(C)cc3c2c1. The van der Waals surface area contributed by atoms with Gasteiger partial charge in [-0.25, -0.2) is 4.57 Å². The van der Waals surface area contributed by atoms with Crippen molar-refractivity contribution in [1.82, 2.24) is 0 Å². The molecule has 0 N–H and O–H groups in total. The van der Waals surface area contributed by atoms with Crippen LogP contribution in [-0.4, -0.2) is 0 Å². The molecule has 0 radical (unpaired) electrons. The molecule has 7 rings (SSSR count). The Balaban J connectivity index is 1.56. The number of benzene rings is 3. The zero-order valence-corrected chi connectivity index (χ0v) is 21.3. The van der Waals surface area contributed by atoms with Gasteiger partial charge in [-0.2, -0.15) is 4.40 Å². The number of hydrogen-bond donors (Lipinski definition) is 0. The Morgan fingerprint density at radius 3 is 2.43 bits per heavy atom. The fourth-order valence-electron chi connectivity index (χ4n) is 5.81. The highest BCUT2D eigenvalue weighted by Gasteiger charge is 2.26. The van der Waals surface area contributed by atoms with Crippen LogP contribution in [0.4, 0.5) is 0 Å². The van der Waals surface area contributed by atoms with Crippen LogP contribution < -0.4 is 8.97 Å². The van der Waals surface area contributed by atoms with Gasteiger partial charge in [-0.3, -0.25) is 0 Å². The maximum Gasteiger partial charge on any atom is 0.218 e. The minimum Gasteiger partial charge on any atom is -0.455 e. The Hall–Kier alpha value is -4.50. The molecule has 3 heteroatoms. The van der Waals surface area contributed by atoms with E-state index in [2.05, 4.69) is 133 Å². The molecule has 37 heavy (non-hydrogen) atoms. The van der Waals surface area contributed by atoms with Crippen LogP contribution in [0.5, 0.6) is 0 Å². The first-order valence-corrected chi connectivity index (χ1v) is 12.8. The number of aryl methyl sites for hydroxylation is 3. The van der Waals surface area contributed by atoms with Crippen molar-refractivity contribution >= 4 is 38.2 Å². The number of pyridine rings is 3. The van der Waals surface area contributed by atoms with Crippen molar-refractivity contribution in [3.63, 3.8) is 0 Å². The summed E-state index contributed by atoms with van der Waals surface area (Å²) in [5.41, 5.74) is 10.5. The van der Waals surface area contributed by atoms with E-state index in [1.807, 2.05) is 0 Å². The highest BCUT2D eigenvalue weighted by molar-refractivity contribution is 6.10. The fourth-order valence-corrected chi connectivity index (χ4v) is 5.81. The number of fused-ring (bicyclic) bond motifs is 6. The molecule has 0 saturated heterocycles. The summed E-state index contributed by atoms with van der Waals surface area (Å²) in [6, 6.07) is 32.6. The van der Waals surface area contributed by atoms with Gasteiger partial charge in [0.05, 0.1) is 17.4 Å². The van der Waals surface area contributed by atoms with Crippen LogP contribution in [-0.2, 0) is 13.5 Å². The summed E-state index contributed by atoms with van der Waals surface area (Å²) in [7, 11) is 2.11. The van der Waals surface area contributed by atoms with Gasteiger partial charge in [0, 0.05) is 41.1 Å². The largest absolute Gasteiger partial charge is 0.455 e. The van der Waals surface area contributed by atoms with Crippen LogP contribution in [0.3, 0.4) is 0 Å².